The van der Waals surface area contributed by atoms with Gasteiger partial charge in [0.25, 0.3) is 5.56 Å². The molecule has 0 saturated heterocycles. The Morgan fingerprint density at radius 3 is 2.49 bits per heavy atom. The fraction of sp³-hybridized carbons (Fsp3) is 0.280. The van der Waals surface area contributed by atoms with E-state index < -0.39 is 5.60 Å². The Bertz CT molecular complexity index is 1460. The summed E-state index contributed by atoms with van der Waals surface area (Å²) in [5.41, 5.74) is 2.62. The molecule has 4 aromatic heterocycles. The minimum Gasteiger partial charge on any atom is -0.484 e. The normalized spacial score (nSPS) is 11.5. The van der Waals surface area contributed by atoms with E-state index >= 15 is 0 Å². The van der Waals surface area contributed by atoms with Gasteiger partial charge in [-0.05, 0) is 74.3 Å². The highest BCUT2D eigenvalue weighted by molar-refractivity contribution is 9.10. The number of pyridine rings is 2. The maximum Gasteiger partial charge on any atom is 0.273 e. The van der Waals surface area contributed by atoms with Gasteiger partial charge in [0.05, 0.1) is 17.1 Å². The number of rotatable bonds is 6. The van der Waals surface area contributed by atoms with Crippen molar-refractivity contribution in [2.24, 2.45) is 0 Å². The molecule has 0 amide bonds. The zero-order chi connectivity index (χ0) is 25.3. The number of aromatic nitrogens is 6. The number of aryl methyl sites for hydroxylation is 3. The third kappa shape index (κ3) is 5.28. The van der Waals surface area contributed by atoms with E-state index in [4.69, 9.17) is 4.74 Å². The van der Waals surface area contributed by atoms with Crippen LogP contribution in [0.2, 0.25) is 0 Å². The van der Waals surface area contributed by atoms with Crippen molar-refractivity contribution < 1.29 is 9.84 Å². The Hall–Kier alpha value is -3.50. The number of ether oxygens (including phenoxy) is 1. The highest BCUT2D eigenvalue weighted by Gasteiger charge is 2.21. The first kappa shape index (κ1) is 24.6. The van der Waals surface area contributed by atoms with Gasteiger partial charge in [-0.2, -0.15) is 0 Å². The van der Waals surface area contributed by atoms with E-state index in [9.17, 15) is 9.90 Å². The number of hydrogen-bond acceptors (Lipinski definition) is 8. The van der Waals surface area contributed by atoms with Gasteiger partial charge in [0.1, 0.15) is 22.4 Å². The average Bonchev–Trinajstić information content (AvgIpc) is 2.81. The van der Waals surface area contributed by atoms with E-state index in [-0.39, 0.29) is 18.0 Å². The van der Waals surface area contributed by atoms with E-state index in [1.807, 2.05) is 26.8 Å². The second-order valence-electron chi connectivity index (χ2n) is 8.69. The minimum atomic E-state index is -1.19. The molecule has 35 heavy (non-hydrogen) atoms. The van der Waals surface area contributed by atoms with Crippen molar-refractivity contribution >= 4 is 15.9 Å². The van der Waals surface area contributed by atoms with Crippen LogP contribution in [0.1, 0.15) is 42.4 Å². The van der Waals surface area contributed by atoms with E-state index in [1.54, 1.807) is 55.2 Å². The van der Waals surface area contributed by atoms with Crippen LogP contribution in [0, 0.1) is 20.8 Å². The van der Waals surface area contributed by atoms with Crippen LogP contribution in [-0.2, 0) is 12.2 Å². The molecule has 0 bridgehead atoms. The summed E-state index contributed by atoms with van der Waals surface area (Å²) in [6.45, 7) is 8.97. The lowest BCUT2D eigenvalue weighted by Crippen LogP contribution is -2.23. The molecule has 0 saturated carbocycles. The molecule has 0 aromatic carbocycles. The molecule has 0 unspecified atom stereocenters. The van der Waals surface area contributed by atoms with Gasteiger partial charge in [0, 0.05) is 36.0 Å². The molecule has 180 valence electrons. The van der Waals surface area contributed by atoms with Crippen LogP contribution in [0.15, 0.2) is 52.1 Å². The summed E-state index contributed by atoms with van der Waals surface area (Å²) in [5.74, 6) is 1.23. The molecular formula is C25H25BrN6O3. The van der Waals surface area contributed by atoms with Crippen LogP contribution in [-0.4, -0.2) is 34.6 Å². The zero-order valence-corrected chi connectivity index (χ0v) is 21.7. The van der Waals surface area contributed by atoms with Gasteiger partial charge in [0.15, 0.2) is 11.6 Å². The predicted molar refractivity (Wildman–Crippen MR) is 134 cm³/mol. The van der Waals surface area contributed by atoms with E-state index in [0.717, 1.165) is 11.3 Å². The number of nitrogens with zero attached hydrogens (tertiary/aromatic N) is 6. The van der Waals surface area contributed by atoms with Crippen molar-refractivity contribution in [1.29, 1.82) is 0 Å². The van der Waals surface area contributed by atoms with Crippen LogP contribution in [0.3, 0.4) is 0 Å². The summed E-state index contributed by atoms with van der Waals surface area (Å²) in [7, 11) is 0. The Morgan fingerprint density at radius 1 is 1.03 bits per heavy atom. The van der Waals surface area contributed by atoms with E-state index in [2.05, 4.69) is 40.8 Å². The van der Waals surface area contributed by atoms with Crippen molar-refractivity contribution in [3.05, 3.63) is 86.3 Å². The molecule has 0 aliphatic heterocycles. The molecule has 0 radical (unpaired) electrons. The summed E-state index contributed by atoms with van der Waals surface area (Å²) in [6, 6.07) is 7.11. The predicted octanol–water partition coefficient (Wildman–Crippen LogP) is 3.97. The maximum absolute atomic E-state index is 13.4. The SMILES string of the molecule is Cc1ccnc(COc2cc(C)n(-c3cc(-c4ccnc(C(C)(C)O)n4)ncc3C)c(=O)c2Br)n1. The van der Waals surface area contributed by atoms with Gasteiger partial charge in [-0.1, -0.05) is 0 Å². The molecule has 4 heterocycles. The van der Waals surface area contributed by atoms with E-state index in [1.165, 1.54) is 0 Å². The Kier molecular flexibility index (Phi) is 6.77. The molecule has 1 N–H and O–H groups in total. The molecule has 0 aliphatic rings. The molecule has 9 nitrogen and oxygen atoms in total. The first-order valence-electron chi connectivity index (χ1n) is 10.9. The van der Waals surface area contributed by atoms with Crippen LogP contribution in [0.25, 0.3) is 17.1 Å². The van der Waals surface area contributed by atoms with Crippen molar-refractivity contribution in [2.75, 3.05) is 0 Å². The van der Waals surface area contributed by atoms with Gasteiger partial charge in [-0.25, -0.2) is 19.9 Å². The van der Waals surface area contributed by atoms with Crippen LogP contribution < -0.4 is 10.3 Å². The number of aliphatic hydroxyl groups is 1. The number of hydrogen-bond donors (Lipinski definition) is 1. The van der Waals surface area contributed by atoms with Crippen molar-refractivity contribution in [1.82, 2.24) is 29.5 Å². The third-order valence-electron chi connectivity index (χ3n) is 5.28. The van der Waals surface area contributed by atoms with Crippen molar-refractivity contribution in [3.8, 4) is 22.8 Å². The Morgan fingerprint density at radius 2 is 1.77 bits per heavy atom. The first-order valence-corrected chi connectivity index (χ1v) is 11.7. The molecule has 0 atom stereocenters. The largest absolute Gasteiger partial charge is 0.484 e. The summed E-state index contributed by atoms with van der Waals surface area (Å²) in [6.07, 6.45) is 4.94. The topological polar surface area (TPSA) is 116 Å². The number of halogens is 1. The monoisotopic (exact) mass is 536 g/mol. The molecule has 0 spiro atoms. The summed E-state index contributed by atoms with van der Waals surface area (Å²) in [5, 5.41) is 10.3. The quantitative estimate of drug-likeness (QED) is 0.393. The second-order valence-corrected chi connectivity index (χ2v) is 9.48. The highest BCUT2D eigenvalue weighted by Crippen LogP contribution is 2.27. The van der Waals surface area contributed by atoms with Crippen molar-refractivity contribution in [2.45, 2.75) is 46.8 Å². The second kappa shape index (κ2) is 9.63. The van der Waals surface area contributed by atoms with Crippen molar-refractivity contribution in [3.63, 3.8) is 0 Å². The van der Waals surface area contributed by atoms with Crippen LogP contribution in [0.5, 0.6) is 5.75 Å². The molecule has 4 rings (SSSR count). The van der Waals surface area contributed by atoms with Gasteiger partial charge in [-0.3, -0.25) is 14.3 Å². The fourth-order valence-corrected chi connectivity index (χ4v) is 3.89. The van der Waals surface area contributed by atoms with Gasteiger partial charge < -0.3 is 9.84 Å². The summed E-state index contributed by atoms with van der Waals surface area (Å²) < 4.78 is 7.75. The smallest absolute Gasteiger partial charge is 0.273 e. The summed E-state index contributed by atoms with van der Waals surface area (Å²) in [4.78, 5) is 35.0. The average molecular weight is 537 g/mol. The van der Waals surface area contributed by atoms with E-state index in [0.29, 0.717) is 38.8 Å². The molecule has 4 aromatic rings. The minimum absolute atomic E-state index is 0.138. The van der Waals surface area contributed by atoms with Crippen LogP contribution >= 0.6 is 15.9 Å². The Labute approximate surface area is 211 Å². The molecule has 0 aliphatic carbocycles. The first-order chi connectivity index (χ1) is 16.5. The molecular weight excluding hydrogens is 512 g/mol. The zero-order valence-electron chi connectivity index (χ0n) is 20.1. The molecule has 0 fully saturated rings. The highest BCUT2D eigenvalue weighted by atomic mass is 79.9. The van der Waals surface area contributed by atoms with Gasteiger partial charge >= 0.3 is 0 Å². The lowest BCUT2D eigenvalue weighted by Gasteiger charge is -2.17. The lowest BCUT2D eigenvalue weighted by molar-refractivity contribution is 0.0688. The third-order valence-corrected chi connectivity index (χ3v) is 6.01. The maximum atomic E-state index is 13.4. The fourth-order valence-electron chi connectivity index (χ4n) is 3.49. The molecule has 10 heteroatoms. The van der Waals surface area contributed by atoms with Gasteiger partial charge in [0.2, 0.25) is 0 Å². The lowest BCUT2D eigenvalue weighted by atomic mass is 10.1. The standard InChI is InChI=1S/C25H25BrN6O3/c1-14-12-29-18(17-7-9-28-24(31-17)25(4,5)34)11-19(14)32-16(3)10-20(22(26)23(32)33)35-13-21-27-8-6-15(2)30-21/h6-12,34H,13H2,1-5H3. The van der Waals surface area contributed by atoms with Gasteiger partial charge in [-0.15, -0.1) is 0 Å². The summed E-state index contributed by atoms with van der Waals surface area (Å²) >= 11 is 3.41. The Balaban J connectivity index is 1.72. The van der Waals surface area contributed by atoms with Crippen LogP contribution in [0.4, 0.5) is 0 Å².